The van der Waals surface area contributed by atoms with Crippen LogP contribution in [0.3, 0.4) is 0 Å². The van der Waals surface area contributed by atoms with E-state index in [1.807, 2.05) is 12.1 Å². The predicted octanol–water partition coefficient (Wildman–Crippen LogP) is 2.78. The fourth-order valence-electron chi connectivity index (χ4n) is 1.88. The standard InChI is InChI=1S/C12H12N2/c13-9-12-11(7-4-8-14-12)10-5-2-1-3-6-10/h2,4-5,7-8,10H,1,3,6H2. The normalized spacial score (nSPS) is 20.4. The Kier molecular flexibility index (Phi) is 2.60. The summed E-state index contributed by atoms with van der Waals surface area (Å²) in [6.07, 6.45) is 9.58. The van der Waals surface area contributed by atoms with E-state index in [9.17, 15) is 0 Å². The third-order valence-electron chi connectivity index (χ3n) is 2.60. The van der Waals surface area contributed by atoms with Gasteiger partial charge in [-0.25, -0.2) is 4.98 Å². The lowest BCUT2D eigenvalue weighted by Crippen LogP contribution is -2.02. The summed E-state index contributed by atoms with van der Waals surface area (Å²) in [5.74, 6) is 0.395. The SMILES string of the molecule is N#Cc1ncccc1C1C=CCCC1. The van der Waals surface area contributed by atoms with E-state index >= 15 is 0 Å². The van der Waals surface area contributed by atoms with E-state index in [2.05, 4.69) is 23.2 Å². The minimum absolute atomic E-state index is 0.395. The highest BCUT2D eigenvalue weighted by atomic mass is 14.7. The van der Waals surface area contributed by atoms with Crippen LogP contribution in [-0.4, -0.2) is 4.98 Å². The molecule has 0 saturated heterocycles. The molecule has 0 saturated carbocycles. The van der Waals surface area contributed by atoms with Crippen molar-refractivity contribution in [3.63, 3.8) is 0 Å². The number of aromatic nitrogens is 1. The molecule has 0 amide bonds. The van der Waals surface area contributed by atoms with Crippen molar-refractivity contribution in [2.75, 3.05) is 0 Å². The van der Waals surface area contributed by atoms with Crippen molar-refractivity contribution < 1.29 is 0 Å². The van der Waals surface area contributed by atoms with Crippen LogP contribution in [0, 0.1) is 11.3 Å². The number of allylic oxidation sites excluding steroid dienone is 2. The Bertz CT molecular complexity index is 388. The van der Waals surface area contributed by atoms with Crippen molar-refractivity contribution in [3.05, 3.63) is 41.7 Å². The first kappa shape index (κ1) is 8.96. The average Bonchev–Trinajstić information content (AvgIpc) is 2.30. The maximum absolute atomic E-state index is 8.91. The Morgan fingerprint density at radius 1 is 1.50 bits per heavy atom. The molecule has 1 aromatic rings. The van der Waals surface area contributed by atoms with Crippen LogP contribution < -0.4 is 0 Å². The Morgan fingerprint density at radius 2 is 2.43 bits per heavy atom. The van der Waals surface area contributed by atoms with Gasteiger partial charge in [0.05, 0.1) is 0 Å². The van der Waals surface area contributed by atoms with Crippen LogP contribution in [0.25, 0.3) is 0 Å². The van der Waals surface area contributed by atoms with Crippen LogP contribution in [-0.2, 0) is 0 Å². The quantitative estimate of drug-likeness (QED) is 0.629. The molecule has 0 fully saturated rings. The zero-order valence-corrected chi connectivity index (χ0v) is 7.98. The first-order chi connectivity index (χ1) is 6.92. The molecule has 0 N–H and O–H groups in total. The van der Waals surface area contributed by atoms with Gasteiger partial charge in [0, 0.05) is 12.1 Å². The van der Waals surface area contributed by atoms with E-state index in [1.165, 1.54) is 12.8 Å². The van der Waals surface area contributed by atoms with Crippen molar-refractivity contribution >= 4 is 0 Å². The minimum Gasteiger partial charge on any atom is -0.245 e. The van der Waals surface area contributed by atoms with Crippen molar-refractivity contribution in [2.24, 2.45) is 0 Å². The lowest BCUT2D eigenvalue weighted by molar-refractivity contribution is 0.651. The van der Waals surface area contributed by atoms with Crippen molar-refractivity contribution in [3.8, 4) is 6.07 Å². The van der Waals surface area contributed by atoms with Crippen molar-refractivity contribution in [1.82, 2.24) is 4.98 Å². The third kappa shape index (κ3) is 1.67. The molecule has 0 aromatic carbocycles. The van der Waals surface area contributed by atoms with Gasteiger partial charge in [-0.1, -0.05) is 18.2 Å². The molecule has 1 unspecified atom stereocenters. The summed E-state index contributed by atoms with van der Waals surface area (Å²) in [5.41, 5.74) is 1.65. The topological polar surface area (TPSA) is 36.7 Å². The summed E-state index contributed by atoms with van der Waals surface area (Å²) in [6.45, 7) is 0. The van der Waals surface area contributed by atoms with Crippen LogP contribution in [0.4, 0.5) is 0 Å². The molecule has 1 heterocycles. The van der Waals surface area contributed by atoms with Gasteiger partial charge < -0.3 is 0 Å². The lowest BCUT2D eigenvalue weighted by atomic mass is 9.88. The van der Waals surface area contributed by atoms with E-state index in [-0.39, 0.29) is 0 Å². The second-order valence-corrected chi connectivity index (χ2v) is 3.52. The third-order valence-corrected chi connectivity index (χ3v) is 2.60. The fraction of sp³-hybridized carbons (Fsp3) is 0.333. The monoisotopic (exact) mass is 184 g/mol. The molecule has 2 rings (SSSR count). The van der Waals surface area contributed by atoms with Crippen LogP contribution in [0.1, 0.15) is 36.4 Å². The Balaban J connectivity index is 2.35. The molecule has 2 heteroatoms. The van der Waals surface area contributed by atoms with E-state index < -0.39 is 0 Å². The summed E-state index contributed by atoms with van der Waals surface area (Å²) >= 11 is 0. The molecule has 2 nitrogen and oxygen atoms in total. The van der Waals surface area contributed by atoms with Crippen molar-refractivity contribution in [2.45, 2.75) is 25.2 Å². The molecule has 1 aliphatic rings. The maximum Gasteiger partial charge on any atom is 0.144 e. The number of nitrogens with zero attached hydrogens (tertiary/aromatic N) is 2. The largest absolute Gasteiger partial charge is 0.245 e. The smallest absolute Gasteiger partial charge is 0.144 e. The Labute approximate surface area is 83.9 Å². The fourth-order valence-corrected chi connectivity index (χ4v) is 1.88. The zero-order valence-electron chi connectivity index (χ0n) is 7.98. The van der Waals surface area contributed by atoms with Gasteiger partial charge in [0.1, 0.15) is 11.8 Å². The molecule has 14 heavy (non-hydrogen) atoms. The molecule has 0 bridgehead atoms. The maximum atomic E-state index is 8.91. The summed E-state index contributed by atoms with van der Waals surface area (Å²) in [6, 6.07) is 6.06. The molecule has 0 radical (unpaired) electrons. The second-order valence-electron chi connectivity index (χ2n) is 3.52. The first-order valence-corrected chi connectivity index (χ1v) is 4.93. The molecule has 1 aromatic heterocycles. The van der Waals surface area contributed by atoms with Crippen LogP contribution in [0.5, 0.6) is 0 Å². The predicted molar refractivity (Wildman–Crippen MR) is 54.7 cm³/mol. The van der Waals surface area contributed by atoms with Crippen LogP contribution in [0.2, 0.25) is 0 Å². The molecule has 1 aliphatic carbocycles. The Morgan fingerprint density at radius 3 is 3.14 bits per heavy atom. The highest BCUT2D eigenvalue weighted by Crippen LogP contribution is 2.28. The summed E-state index contributed by atoms with van der Waals surface area (Å²) < 4.78 is 0. The molecule has 1 atom stereocenters. The van der Waals surface area contributed by atoms with Gasteiger partial charge in [-0.2, -0.15) is 5.26 Å². The van der Waals surface area contributed by atoms with E-state index in [4.69, 9.17) is 5.26 Å². The summed E-state index contributed by atoms with van der Waals surface area (Å²) in [7, 11) is 0. The lowest BCUT2D eigenvalue weighted by Gasteiger charge is -2.16. The van der Waals surface area contributed by atoms with Gasteiger partial charge in [0.15, 0.2) is 0 Å². The molecule has 0 spiro atoms. The van der Waals surface area contributed by atoms with Gasteiger partial charge >= 0.3 is 0 Å². The van der Waals surface area contributed by atoms with Gasteiger partial charge in [-0.3, -0.25) is 0 Å². The highest BCUT2D eigenvalue weighted by Gasteiger charge is 2.14. The van der Waals surface area contributed by atoms with Crippen LogP contribution >= 0.6 is 0 Å². The van der Waals surface area contributed by atoms with Gasteiger partial charge in [0.2, 0.25) is 0 Å². The summed E-state index contributed by atoms with van der Waals surface area (Å²) in [4.78, 5) is 4.08. The number of hydrogen-bond donors (Lipinski definition) is 0. The second kappa shape index (κ2) is 4.06. The first-order valence-electron chi connectivity index (χ1n) is 4.93. The van der Waals surface area contributed by atoms with E-state index in [0.717, 1.165) is 12.0 Å². The van der Waals surface area contributed by atoms with E-state index in [1.54, 1.807) is 6.20 Å². The van der Waals surface area contributed by atoms with Gasteiger partial charge in [-0.15, -0.1) is 0 Å². The van der Waals surface area contributed by atoms with Crippen molar-refractivity contribution in [1.29, 1.82) is 5.26 Å². The Hall–Kier alpha value is -1.62. The summed E-state index contributed by atoms with van der Waals surface area (Å²) in [5, 5.41) is 8.91. The highest BCUT2D eigenvalue weighted by molar-refractivity contribution is 5.36. The molecular weight excluding hydrogens is 172 g/mol. The number of pyridine rings is 1. The van der Waals surface area contributed by atoms with E-state index in [0.29, 0.717) is 11.6 Å². The van der Waals surface area contributed by atoms with Gasteiger partial charge in [0.25, 0.3) is 0 Å². The van der Waals surface area contributed by atoms with Gasteiger partial charge in [-0.05, 0) is 30.9 Å². The zero-order chi connectivity index (χ0) is 9.80. The number of nitriles is 1. The molecule has 0 aliphatic heterocycles. The molecule has 70 valence electrons. The minimum atomic E-state index is 0.395. The number of hydrogen-bond acceptors (Lipinski definition) is 2. The average molecular weight is 184 g/mol. The number of rotatable bonds is 1. The van der Waals surface area contributed by atoms with Crippen LogP contribution in [0.15, 0.2) is 30.5 Å². The molecular formula is C12H12N2.